The van der Waals surface area contributed by atoms with Gasteiger partial charge < -0.3 is 4.55 Å². The van der Waals surface area contributed by atoms with E-state index in [4.69, 9.17) is 0 Å². The number of hydrogen-bond donors (Lipinski definition) is 0. The highest BCUT2D eigenvalue weighted by molar-refractivity contribution is 7.85. The van der Waals surface area contributed by atoms with E-state index < -0.39 is 71.4 Å². The highest BCUT2D eigenvalue weighted by Crippen LogP contribution is 2.30. The fraction of sp³-hybridized carbons (Fsp3) is 0.143. The highest BCUT2D eigenvalue weighted by atomic mass is 127. The molecule has 0 saturated carbocycles. The van der Waals surface area contributed by atoms with Gasteiger partial charge in [-0.25, -0.2) is 8.42 Å². The topological polar surface area (TPSA) is 57.2 Å². The van der Waals surface area contributed by atoms with Crippen LogP contribution >= 0.6 is 0 Å². The monoisotopic (exact) mass is 642 g/mol. The van der Waals surface area contributed by atoms with E-state index in [0.29, 0.717) is 31.4 Å². The van der Waals surface area contributed by atoms with Gasteiger partial charge >= 0.3 is 39.7 Å². The lowest BCUT2D eigenvalue weighted by atomic mass is 10.2. The summed E-state index contributed by atoms with van der Waals surface area (Å²) in [5.74, 6) is 0. The first kappa shape index (κ1) is 28.9. The Morgan fingerprint density at radius 2 is 0.771 bits per heavy atom. The minimum absolute atomic E-state index is 0.546. The second kappa shape index (κ2) is 10.7. The molecule has 0 heterocycles. The summed E-state index contributed by atoms with van der Waals surface area (Å²) < 4.78 is 143. The first-order chi connectivity index (χ1) is 15.9. The second-order valence-electron chi connectivity index (χ2n) is 6.58. The van der Waals surface area contributed by atoms with E-state index in [1.807, 2.05) is 0 Å². The molecule has 0 atom stereocenters. The van der Waals surface area contributed by atoms with Gasteiger partial charge in [-0.2, -0.15) is 39.5 Å². The summed E-state index contributed by atoms with van der Waals surface area (Å²) in [6.07, 6.45) is -13.3. The van der Waals surface area contributed by atoms with Crippen molar-refractivity contribution < 1.29 is 73.7 Å². The van der Waals surface area contributed by atoms with Crippen molar-refractivity contribution in [2.75, 3.05) is 0 Å². The second-order valence-corrected chi connectivity index (χ2v) is 11.0. The molecule has 0 spiro atoms. The highest BCUT2D eigenvalue weighted by Gasteiger charge is 2.32. The molecule has 3 nitrogen and oxygen atoms in total. The smallest absolute Gasteiger partial charge is 0.416 e. The van der Waals surface area contributed by atoms with Gasteiger partial charge in [0.15, 0.2) is 7.14 Å². The van der Waals surface area contributed by atoms with Gasteiger partial charge in [0.05, 0.1) is 21.6 Å². The fourth-order valence-corrected chi connectivity index (χ4v) is 4.97. The van der Waals surface area contributed by atoms with Crippen molar-refractivity contribution in [1.82, 2.24) is 0 Å². The van der Waals surface area contributed by atoms with E-state index in [-0.39, 0.29) is 0 Å². The molecule has 0 aliphatic carbocycles. The van der Waals surface area contributed by atoms with Gasteiger partial charge in [-0.05, 0) is 72.8 Å². The molecule has 0 amide bonds. The molecule has 0 radical (unpaired) electrons. The Morgan fingerprint density at radius 1 is 0.514 bits per heavy atom. The van der Waals surface area contributed by atoms with Gasteiger partial charge in [0.2, 0.25) is 0 Å². The van der Waals surface area contributed by atoms with Crippen molar-refractivity contribution in [1.29, 1.82) is 0 Å². The minimum atomic E-state index is -4.68. The zero-order valence-corrected chi connectivity index (χ0v) is 19.8. The van der Waals surface area contributed by atoms with Crippen molar-refractivity contribution in [2.45, 2.75) is 23.4 Å². The fourth-order valence-electron chi connectivity index (χ4n) is 2.34. The summed E-state index contributed by atoms with van der Waals surface area (Å²) in [5.41, 5.74) is -2.46. The van der Waals surface area contributed by atoms with Gasteiger partial charge in [-0.3, -0.25) is 0 Å². The molecule has 3 aromatic carbocycles. The number of alkyl halides is 9. The molecular formula is C21H12F9IO3S. The molecule has 0 fully saturated rings. The molecule has 0 aromatic heterocycles. The summed E-state index contributed by atoms with van der Waals surface area (Å²) in [6, 6.07) is 11.8. The van der Waals surface area contributed by atoms with Crippen LogP contribution < -0.4 is 21.2 Å². The van der Waals surface area contributed by atoms with Gasteiger partial charge in [-0.1, -0.05) is 0 Å². The summed E-state index contributed by atoms with van der Waals surface area (Å²) in [7, 11) is -4.68. The van der Waals surface area contributed by atoms with Crippen LogP contribution in [0, 0.1) is 7.14 Å². The van der Waals surface area contributed by atoms with Crippen LogP contribution in [0.1, 0.15) is 16.7 Å². The van der Waals surface area contributed by atoms with E-state index in [2.05, 4.69) is 0 Å². The molecule has 0 aliphatic heterocycles. The third kappa shape index (κ3) is 9.00. The van der Waals surface area contributed by atoms with Crippen molar-refractivity contribution in [3.05, 3.63) is 96.6 Å². The zero-order chi connectivity index (χ0) is 26.7. The van der Waals surface area contributed by atoms with Crippen LogP contribution in [0.3, 0.4) is 0 Å². The molecule has 3 rings (SSSR count). The average Bonchev–Trinajstić information content (AvgIpc) is 2.73. The number of rotatable bonds is 3. The maximum absolute atomic E-state index is 12.4. The van der Waals surface area contributed by atoms with Crippen LogP contribution in [0.25, 0.3) is 0 Å². The Labute approximate surface area is 203 Å². The Bertz CT molecular complexity index is 1160. The van der Waals surface area contributed by atoms with E-state index in [1.165, 1.54) is 24.3 Å². The molecule has 0 aliphatic rings. The summed E-state index contributed by atoms with van der Waals surface area (Å²) >= 11 is -0.805. The average molecular weight is 642 g/mol. The van der Waals surface area contributed by atoms with Crippen LogP contribution in [0.15, 0.2) is 77.7 Å². The molecular weight excluding hydrogens is 630 g/mol. The van der Waals surface area contributed by atoms with Crippen molar-refractivity contribution >= 4 is 10.1 Å². The standard InChI is InChI=1S/C14H8F6I.C7H5F3O3S/c15-13(16,17)9-1-5-11(6-2-9)21-12-7-3-10(4-8-12)14(18,19)20;8-7(9,10)5-1-3-6(4-2-5)14(11,12)13/h1-8H;1-4H,(H,11,12,13)/q+1;/p-1. The SMILES string of the molecule is FC(F)(F)c1ccc([I+]c2ccc(C(F)(F)F)cc2)cc1.O=S(=O)([O-])c1ccc(C(F)(F)F)cc1. The van der Waals surface area contributed by atoms with Crippen LogP contribution in [0.2, 0.25) is 0 Å². The number of benzene rings is 3. The Hall–Kier alpha value is -2.33. The maximum Gasteiger partial charge on any atom is 0.416 e. The molecule has 14 heteroatoms. The minimum Gasteiger partial charge on any atom is -0.744 e. The molecule has 0 saturated heterocycles. The molecule has 0 N–H and O–H groups in total. The largest absolute Gasteiger partial charge is 0.744 e. The van der Waals surface area contributed by atoms with Gasteiger partial charge in [-0.15, -0.1) is 0 Å². The summed E-state index contributed by atoms with van der Waals surface area (Å²) in [5, 5.41) is 0. The zero-order valence-electron chi connectivity index (χ0n) is 16.8. The molecule has 0 unspecified atom stereocenters. The van der Waals surface area contributed by atoms with Crippen LogP contribution in [-0.4, -0.2) is 13.0 Å². The third-order valence-corrected chi connectivity index (χ3v) is 7.57. The van der Waals surface area contributed by atoms with E-state index in [0.717, 1.165) is 24.3 Å². The van der Waals surface area contributed by atoms with E-state index in [9.17, 15) is 52.5 Å². The van der Waals surface area contributed by atoms with Crippen molar-refractivity contribution in [3.63, 3.8) is 0 Å². The van der Waals surface area contributed by atoms with Crippen molar-refractivity contribution in [3.8, 4) is 0 Å². The first-order valence-electron chi connectivity index (χ1n) is 9.00. The van der Waals surface area contributed by atoms with Gasteiger partial charge in [0.1, 0.15) is 10.1 Å². The normalized spacial score (nSPS) is 12.6. The number of hydrogen-bond acceptors (Lipinski definition) is 3. The maximum atomic E-state index is 12.4. The lowest BCUT2D eigenvalue weighted by molar-refractivity contribution is -0.597. The number of halogens is 10. The van der Waals surface area contributed by atoms with E-state index in [1.54, 1.807) is 0 Å². The predicted octanol–water partition coefficient (Wildman–Crippen LogP) is 3.46. The third-order valence-electron chi connectivity index (χ3n) is 4.03. The van der Waals surface area contributed by atoms with Crippen molar-refractivity contribution in [2.24, 2.45) is 0 Å². The Kier molecular flexibility index (Phi) is 8.87. The van der Waals surface area contributed by atoms with Crippen LogP contribution in [0.5, 0.6) is 0 Å². The van der Waals surface area contributed by atoms with E-state index >= 15 is 0 Å². The molecule has 0 bridgehead atoms. The molecule has 35 heavy (non-hydrogen) atoms. The van der Waals surface area contributed by atoms with Crippen LogP contribution in [-0.2, 0) is 28.6 Å². The summed E-state index contributed by atoms with van der Waals surface area (Å²) in [6.45, 7) is 0. The van der Waals surface area contributed by atoms with Gasteiger partial charge in [0.25, 0.3) is 0 Å². The first-order valence-corrected chi connectivity index (χ1v) is 12.6. The lowest BCUT2D eigenvalue weighted by Gasteiger charge is -2.09. The quantitative estimate of drug-likeness (QED) is 0.250. The Morgan fingerprint density at radius 3 is 1.00 bits per heavy atom. The molecule has 3 aromatic rings. The van der Waals surface area contributed by atoms with Gasteiger partial charge in [0, 0.05) is 0 Å². The predicted molar refractivity (Wildman–Crippen MR) is 99.7 cm³/mol. The molecule has 190 valence electrons. The van der Waals surface area contributed by atoms with Crippen LogP contribution in [0.4, 0.5) is 39.5 Å². The summed E-state index contributed by atoms with van der Waals surface area (Å²) in [4.78, 5) is -0.675. The Balaban J connectivity index is 0.000000269. The lowest BCUT2D eigenvalue weighted by Crippen LogP contribution is -3.61.